The lowest BCUT2D eigenvalue weighted by Crippen LogP contribution is -2.48. The van der Waals surface area contributed by atoms with Crippen LogP contribution < -0.4 is 5.32 Å². The molecule has 1 heterocycles. The maximum atomic E-state index is 11.8. The molecule has 0 aliphatic rings. The topological polar surface area (TPSA) is 66.4 Å². The van der Waals surface area contributed by atoms with Crippen LogP contribution in [0.2, 0.25) is 5.02 Å². The van der Waals surface area contributed by atoms with Crippen LogP contribution in [-0.4, -0.2) is 23.0 Å². The first-order chi connectivity index (χ1) is 7.73. The van der Waals surface area contributed by atoms with Gasteiger partial charge < -0.3 is 10.4 Å². The summed E-state index contributed by atoms with van der Waals surface area (Å²) < 4.78 is 0. The summed E-state index contributed by atoms with van der Waals surface area (Å²) in [6.07, 6.45) is 0. The fourth-order valence-corrected chi connectivity index (χ4v) is 2.35. The van der Waals surface area contributed by atoms with E-state index in [4.69, 9.17) is 16.7 Å². The Balaban J connectivity index is 2.86. The van der Waals surface area contributed by atoms with Gasteiger partial charge in [0, 0.05) is 0 Å². The number of rotatable bonds is 3. The Morgan fingerprint density at radius 3 is 2.41 bits per heavy atom. The number of amides is 1. The van der Waals surface area contributed by atoms with Gasteiger partial charge in [0.2, 0.25) is 0 Å². The maximum absolute atomic E-state index is 11.8. The molecule has 1 aromatic heterocycles. The average molecular weight is 276 g/mol. The Morgan fingerprint density at radius 1 is 1.47 bits per heavy atom. The van der Waals surface area contributed by atoms with Crippen LogP contribution in [0.4, 0.5) is 0 Å². The number of aliphatic carboxylic acids is 1. The molecule has 17 heavy (non-hydrogen) atoms. The number of carbonyl (C=O) groups excluding carboxylic acids is 1. The van der Waals surface area contributed by atoms with E-state index >= 15 is 0 Å². The van der Waals surface area contributed by atoms with Crippen LogP contribution >= 0.6 is 22.9 Å². The normalized spacial score (nSPS) is 13.2. The van der Waals surface area contributed by atoms with Gasteiger partial charge in [0.15, 0.2) is 0 Å². The quantitative estimate of drug-likeness (QED) is 0.891. The molecule has 0 aliphatic carbocycles. The molecule has 4 nitrogen and oxygen atoms in total. The highest BCUT2D eigenvalue weighted by molar-refractivity contribution is 7.12. The molecule has 0 unspecified atom stereocenters. The highest BCUT2D eigenvalue weighted by Crippen LogP contribution is 2.24. The van der Waals surface area contributed by atoms with Crippen molar-refractivity contribution in [3.8, 4) is 0 Å². The third-order valence-corrected chi connectivity index (χ3v) is 3.55. The van der Waals surface area contributed by atoms with Gasteiger partial charge >= 0.3 is 5.97 Å². The van der Waals surface area contributed by atoms with Gasteiger partial charge in [-0.15, -0.1) is 11.3 Å². The van der Waals surface area contributed by atoms with E-state index in [2.05, 4.69) is 5.32 Å². The van der Waals surface area contributed by atoms with Gasteiger partial charge in [-0.05, 0) is 16.9 Å². The maximum Gasteiger partial charge on any atom is 0.326 e. The van der Waals surface area contributed by atoms with E-state index < -0.39 is 23.3 Å². The van der Waals surface area contributed by atoms with E-state index in [-0.39, 0.29) is 0 Å². The minimum atomic E-state index is -1.06. The molecule has 0 spiro atoms. The van der Waals surface area contributed by atoms with Crippen LogP contribution in [0.15, 0.2) is 11.4 Å². The molecular weight excluding hydrogens is 262 g/mol. The van der Waals surface area contributed by atoms with Crippen LogP contribution in [-0.2, 0) is 4.79 Å². The predicted molar refractivity (Wildman–Crippen MR) is 67.7 cm³/mol. The molecule has 2 N–H and O–H groups in total. The molecule has 1 aromatic rings. The van der Waals surface area contributed by atoms with Gasteiger partial charge in [-0.1, -0.05) is 32.4 Å². The Hall–Kier alpha value is -1.07. The zero-order chi connectivity index (χ0) is 13.2. The highest BCUT2D eigenvalue weighted by Gasteiger charge is 2.33. The summed E-state index contributed by atoms with van der Waals surface area (Å²) in [7, 11) is 0. The summed E-state index contributed by atoms with van der Waals surface area (Å²) in [6, 6.07) is 0.654. The zero-order valence-corrected chi connectivity index (χ0v) is 11.4. The summed E-state index contributed by atoms with van der Waals surface area (Å²) in [6.45, 7) is 5.26. The second-order valence-electron chi connectivity index (χ2n) is 4.71. The summed E-state index contributed by atoms with van der Waals surface area (Å²) in [5, 5.41) is 13.6. The van der Waals surface area contributed by atoms with Crippen molar-refractivity contribution in [2.24, 2.45) is 5.41 Å². The molecule has 1 rings (SSSR count). The minimum absolute atomic E-state index is 0.335. The third kappa shape index (κ3) is 3.44. The molecule has 0 saturated carbocycles. The van der Waals surface area contributed by atoms with Gasteiger partial charge in [-0.3, -0.25) is 4.79 Å². The average Bonchev–Trinajstić information content (AvgIpc) is 2.58. The van der Waals surface area contributed by atoms with Crippen LogP contribution in [0.25, 0.3) is 0 Å². The summed E-state index contributed by atoms with van der Waals surface area (Å²) in [5.41, 5.74) is -0.564. The van der Waals surface area contributed by atoms with Crippen molar-refractivity contribution in [3.63, 3.8) is 0 Å². The monoisotopic (exact) mass is 275 g/mol. The van der Waals surface area contributed by atoms with Gasteiger partial charge in [0.1, 0.15) is 10.9 Å². The van der Waals surface area contributed by atoms with Crippen LogP contribution in [0.5, 0.6) is 0 Å². The van der Waals surface area contributed by atoms with E-state index in [1.165, 1.54) is 11.3 Å². The van der Waals surface area contributed by atoms with E-state index in [0.29, 0.717) is 9.90 Å². The van der Waals surface area contributed by atoms with E-state index in [1.54, 1.807) is 32.2 Å². The SMILES string of the molecule is CC(C)(C)[C@@H](NC(=O)c1sccc1Cl)C(=O)O. The summed E-state index contributed by atoms with van der Waals surface area (Å²) in [5.74, 6) is -1.51. The molecule has 6 heteroatoms. The summed E-state index contributed by atoms with van der Waals surface area (Å²) in [4.78, 5) is 23.3. The first-order valence-corrected chi connectivity index (χ1v) is 6.26. The molecule has 0 saturated heterocycles. The molecule has 0 aromatic carbocycles. The first kappa shape index (κ1) is 14.0. The fourth-order valence-electron chi connectivity index (χ4n) is 1.30. The van der Waals surface area contributed by atoms with Crippen LogP contribution in [0.1, 0.15) is 30.4 Å². The molecule has 1 atom stereocenters. The molecule has 1 amide bonds. The number of thiophene rings is 1. The number of carboxylic acids is 1. The van der Waals surface area contributed by atoms with Crippen molar-refractivity contribution in [2.45, 2.75) is 26.8 Å². The summed E-state index contributed by atoms with van der Waals surface area (Å²) >= 11 is 7.00. The van der Waals surface area contributed by atoms with Crippen molar-refractivity contribution in [1.29, 1.82) is 0 Å². The van der Waals surface area contributed by atoms with Gasteiger partial charge in [-0.25, -0.2) is 4.79 Å². The van der Waals surface area contributed by atoms with Gasteiger partial charge in [-0.2, -0.15) is 0 Å². The number of carboxylic acid groups (broad SMARTS) is 1. The molecule has 94 valence electrons. The Bertz CT molecular complexity index is 436. The van der Waals surface area contributed by atoms with Gasteiger partial charge in [0.25, 0.3) is 5.91 Å². The van der Waals surface area contributed by atoms with Crippen LogP contribution in [0, 0.1) is 5.41 Å². The number of halogens is 1. The lowest BCUT2D eigenvalue weighted by atomic mass is 9.87. The van der Waals surface area contributed by atoms with Crippen molar-refractivity contribution >= 4 is 34.8 Å². The highest BCUT2D eigenvalue weighted by atomic mass is 35.5. The Labute approximate surface area is 109 Å². The number of hydrogen-bond donors (Lipinski definition) is 2. The van der Waals surface area contributed by atoms with Crippen LogP contribution in [0.3, 0.4) is 0 Å². The third-order valence-electron chi connectivity index (χ3n) is 2.21. The fraction of sp³-hybridized carbons (Fsp3) is 0.455. The number of carbonyl (C=O) groups is 2. The largest absolute Gasteiger partial charge is 0.480 e. The van der Waals surface area contributed by atoms with Crippen molar-refractivity contribution < 1.29 is 14.7 Å². The molecule has 0 fully saturated rings. The lowest BCUT2D eigenvalue weighted by molar-refractivity contribution is -0.142. The Morgan fingerprint density at radius 2 is 2.06 bits per heavy atom. The molecule has 0 radical (unpaired) electrons. The van der Waals surface area contributed by atoms with E-state index in [0.717, 1.165) is 0 Å². The molecule has 0 bridgehead atoms. The molecule has 0 aliphatic heterocycles. The lowest BCUT2D eigenvalue weighted by Gasteiger charge is -2.27. The zero-order valence-electron chi connectivity index (χ0n) is 9.78. The minimum Gasteiger partial charge on any atom is -0.480 e. The predicted octanol–water partition coefficient (Wildman–Crippen LogP) is 2.63. The van der Waals surface area contributed by atoms with Crippen molar-refractivity contribution in [1.82, 2.24) is 5.32 Å². The Kier molecular flexibility index (Phi) is 4.16. The van der Waals surface area contributed by atoms with E-state index in [9.17, 15) is 9.59 Å². The van der Waals surface area contributed by atoms with Crippen molar-refractivity contribution in [2.75, 3.05) is 0 Å². The standard InChI is InChI=1S/C11H14ClNO3S/c1-11(2,3)8(10(15)16)13-9(14)7-6(12)4-5-17-7/h4-5,8H,1-3H3,(H,13,14)(H,15,16)/t8-/m0/s1. The molecular formula is C11H14ClNO3S. The smallest absolute Gasteiger partial charge is 0.326 e. The number of nitrogens with one attached hydrogen (secondary N) is 1. The first-order valence-electron chi connectivity index (χ1n) is 5.00. The second kappa shape index (κ2) is 5.06. The van der Waals surface area contributed by atoms with E-state index in [1.807, 2.05) is 0 Å². The van der Waals surface area contributed by atoms with Crippen molar-refractivity contribution in [3.05, 3.63) is 21.3 Å². The number of hydrogen-bond acceptors (Lipinski definition) is 3. The van der Waals surface area contributed by atoms with Gasteiger partial charge in [0.05, 0.1) is 5.02 Å². The second-order valence-corrected chi connectivity index (χ2v) is 6.03.